The van der Waals surface area contributed by atoms with E-state index >= 15 is 0 Å². The lowest BCUT2D eigenvalue weighted by atomic mass is 10.2. The normalized spacial score (nSPS) is 14.2. The van der Waals surface area contributed by atoms with Crippen molar-refractivity contribution in [1.82, 2.24) is 0 Å². The van der Waals surface area contributed by atoms with E-state index in [1.807, 2.05) is 31.2 Å². The van der Waals surface area contributed by atoms with Gasteiger partial charge in [-0.3, -0.25) is 4.79 Å². The predicted octanol–water partition coefficient (Wildman–Crippen LogP) is 4.26. The molecule has 0 heterocycles. The minimum atomic E-state index is -1.71. The molecule has 1 unspecified atom stereocenters. The molecule has 0 aromatic carbocycles. The fourth-order valence-electron chi connectivity index (χ4n) is 1.85. The Morgan fingerprint density at radius 1 is 1.22 bits per heavy atom. The van der Waals surface area contributed by atoms with Gasteiger partial charge in [-0.15, -0.1) is 0 Å². The zero-order valence-corrected chi connectivity index (χ0v) is 13.1. The second kappa shape index (κ2) is 9.06. The van der Waals surface area contributed by atoms with Crippen molar-refractivity contribution in [3.8, 4) is 0 Å². The number of rotatable bonds is 9. The molecule has 0 radical (unpaired) electrons. The molecule has 0 aliphatic carbocycles. The third kappa shape index (κ3) is 5.15. The van der Waals surface area contributed by atoms with Gasteiger partial charge in [0.25, 0.3) is 0 Å². The van der Waals surface area contributed by atoms with Gasteiger partial charge in [0.2, 0.25) is 0 Å². The number of carbonyl (C=O) groups is 1. The van der Waals surface area contributed by atoms with Crippen LogP contribution in [0, 0.1) is 0 Å². The SMILES string of the molecule is C=C(C=O)C(/C=C/C=C/C)O[Si](CC)(CC)CC. The van der Waals surface area contributed by atoms with Crippen molar-refractivity contribution in [2.45, 2.75) is 51.9 Å². The van der Waals surface area contributed by atoms with Crippen molar-refractivity contribution in [1.29, 1.82) is 0 Å². The van der Waals surface area contributed by atoms with E-state index in [0.717, 1.165) is 24.4 Å². The zero-order valence-electron chi connectivity index (χ0n) is 12.1. The maximum atomic E-state index is 10.9. The molecule has 0 aromatic rings. The quantitative estimate of drug-likeness (QED) is 0.270. The van der Waals surface area contributed by atoms with E-state index < -0.39 is 8.32 Å². The van der Waals surface area contributed by atoms with Crippen molar-refractivity contribution in [2.75, 3.05) is 0 Å². The molecule has 2 nitrogen and oxygen atoms in total. The van der Waals surface area contributed by atoms with E-state index in [2.05, 4.69) is 27.4 Å². The molecule has 18 heavy (non-hydrogen) atoms. The molecule has 0 aliphatic heterocycles. The largest absolute Gasteiger partial charge is 0.406 e. The number of hydrogen-bond acceptors (Lipinski definition) is 2. The van der Waals surface area contributed by atoms with Crippen LogP contribution in [0.2, 0.25) is 18.1 Å². The molecule has 1 atom stereocenters. The smallest absolute Gasteiger partial charge is 0.193 e. The van der Waals surface area contributed by atoms with E-state index in [9.17, 15) is 4.79 Å². The van der Waals surface area contributed by atoms with Gasteiger partial charge in [-0.1, -0.05) is 51.7 Å². The molecule has 0 rings (SSSR count). The first-order valence-electron chi connectivity index (χ1n) is 6.70. The fourth-order valence-corrected chi connectivity index (χ4v) is 4.62. The molecule has 0 spiro atoms. The Morgan fingerprint density at radius 2 is 1.78 bits per heavy atom. The predicted molar refractivity (Wildman–Crippen MR) is 81.2 cm³/mol. The van der Waals surface area contributed by atoms with Gasteiger partial charge >= 0.3 is 0 Å². The Labute approximate surface area is 113 Å². The summed E-state index contributed by atoms with van der Waals surface area (Å²) in [6.45, 7) is 12.3. The third-order valence-corrected chi connectivity index (χ3v) is 8.04. The van der Waals surface area contributed by atoms with Crippen LogP contribution in [0.15, 0.2) is 36.5 Å². The molecule has 0 bridgehead atoms. The van der Waals surface area contributed by atoms with Crippen LogP contribution in [0.5, 0.6) is 0 Å². The lowest BCUT2D eigenvalue weighted by Gasteiger charge is -2.32. The second-order valence-corrected chi connectivity index (χ2v) is 9.11. The van der Waals surface area contributed by atoms with Gasteiger partial charge in [0.1, 0.15) is 6.29 Å². The molecule has 3 heteroatoms. The van der Waals surface area contributed by atoms with Gasteiger partial charge in [-0.25, -0.2) is 0 Å². The topological polar surface area (TPSA) is 26.3 Å². The van der Waals surface area contributed by atoms with E-state index in [0.29, 0.717) is 5.57 Å². The minimum Gasteiger partial charge on any atom is -0.406 e. The average molecular weight is 266 g/mol. The Bertz CT molecular complexity index is 306. The summed E-state index contributed by atoms with van der Waals surface area (Å²) in [5.74, 6) is 0. The summed E-state index contributed by atoms with van der Waals surface area (Å²) < 4.78 is 6.27. The van der Waals surface area contributed by atoms with Gasteiger partial charge in [-0.2, -0.15) is 0 Å². The molecule has 0 aliphatic rings. The van der Waals surface area contributed by atoms with Crippen LogP contribution in [0.1, 0.15) is 27.7 Å². The molecule has 0 N–H and O–H groups in total. The van der Waals surface area contributed by atoms with Crippen LogP contribution in [-0.4, -0.2) is 20.7 Å². The van der Waals surface area contributed by atoms with Crippen LogP contribution in [0.3, 0.4) is 0 Å². The Morgan fingerprint density at radius 3 is 2.17 bits per heavy atom. The standard InChI is InChI=1S/C15H26O2Si/c1-6-10-11-12-15(14(5)13-16)17-18(7-2,8-3)9-4/h6,10-13,15H,5,7-9H2,1-4H3/b10-6+,12-11+. The van der Waals surface area contributed by atoms with Crippen LogP contribution in [0.4, 0.5) is 0 Å². The van der Waals surface area contributed by atoms with Crippen molar-refractivity contribution in [3.63, 3.8) is 0 Å². The number of allylic oxidation sites excluding steroid dienone is 3. The molecule has 0 aromatic heterocycles. The summed E-state index contributed by atoms with van der Waals surface area (Å²) in [6.07, 6.45) is 8.23. The Balaban J connectivity index is 4.97. The molecule has 0 amide bonds. The zero-order chi connectivity index (χ0) is 14.0. The summed E-state index contributed by atoms with van der Waals surface area (Å²) in [5, 5.41) is 0. The lowest BCUT2D eigenvalue weighted by Crippen LogP contribution is -2.40. The molecule has 0 fully saturated rings. The van der Waals surface area contributed by atoms with Gasteiger partial charge in [-0.05, 0) is 25.1 Å². The van der Waals surface area contributed by atoms with Gasteiger partial charge in [0.15, 0.2) is 8.32 Å². The van der Waals surface area contributed by atoms with E-state index in [4.69, 9.17) is 4.43 Å². The summed E-state index contributed by atoms with van der Waals surface area (Å²) >= 11 is 0. The summed E-state index contributed by atoms with van der Waals surface area (Å²) in [5.41, 5.74) is 0.503. The molecule has 102 valence electrons. The van der Waals surface area contributed by atoms with Gasteiger partial charge in [0, 0.05) is 5.57 Å². The molecule has 0 saturated carbocycles. The highest BCUT2D eigenvalue weighted by Crippen LogP contribution is 2.25. The Hall–Kier alpha value is -0.933. The number of hydrogen-bond donors (Lipinski definition) is 0. The van der Waals surface area contributed by atoms with Crippen LogP contribution < -0.4 is 0 Å². The van der Waals surface area contributed by atoms with Crippen LogP contribution in [-0.2, 0) is 9.22 Å². The monoisotopic (exact) mass is 266 g/mol. The summed E-state index contributed by atoms with van der Waals surface area (Å²) in [6, 6.07) is 3.21. The van der Waals surface area contributed by atoms with Crippen molar-refractivity contribution in [2.24, 2.45) is 0 Å². The third-order valence-electron chi connectivity index (χ3n) is 3.42. The summed E-state index contributed by atoms with van der Waals surface area (Å²) in [7, 11) is -1.71. The first-order valence-corrected chi connectivity index (χ1v) is 9.23. The van der Waals surface area contributed by atoms with Crippen LogP contribution in [0.25, 0.3) is 0 Å². The van der Waals surface area contributed by atoms with Crippen LogP contribution >= 0.6 is 0 Å². The van der Waals surface area contributed by atoms with E-state index in [1.54, 1.807) is 0 Å². The molecule has 0 saturated heterocycles. The van der Waals surface area contributed by atoms with E-state index in [-0.39, 0.29) is 6.10 Å². The fraction of sp³-hybridized carbons (Fsp3) is 0.533. The number of aldehydes is 1. The van der Waals surface area contributed by atoms with E-state index in [1.165, 1.54) is 0 Å². The van der Waals surface area contributed by atoms with Crippen molar-refractivity contribution < 1.29 is 9.22 Å². The first kappa shape index (κ1) is 17.1. The Kier molecular flexibility index (Phi) is 8.59. The van der Waals surface area contributed by atoms with Gasteiger partial charge in [0.05, 0.1) is 6.10 Å². The van der Waals surface area contributed by atoms with Gasteiger partial charge < -0.3 is 4.43 Å². The minimum absolute atomic E-state index is 0.273. The van der Waals surface area contributed by atoms with Crippen molar-refractivity contribution >= 4 is 14.6 Å². The highest BCUT2D eigenvalue weighted by molar-refractivity contribution is 6.73. The average Bonchev–Trinajstić information content (AvgIpc) is 2.42. The maximum Gasteiger partial charge on any atom is 0.193 e. The highest BCUT2D eigenvalue weighted by atomic mass is 28.4. The maximum absolute atomic E-state index is 10.9. The lowest BCUT2D eigenvalue weighted by molar-refractivity contribution is -0.105. The second-order valence-electron chi connectivity index (χ2n) is 4.39. The molecular weight excluding hydrogens is 240 g/mol. The van der Waals surface area contributed by atoms with Crippen molar-refractivity contribution in [3.05, 3.63) is 36.5 Å². The summed E-state index contributed by atoms with van der Waals surface area (Å²) in [4.78, 5) is 10.9. The highest BCUT2D eigenvalue weighted by Gasteiger charge is 2.31. The molecular formula is C15H26O2Si. The number of carbonyl (C=O) groups excluding carboxylic acids is 1. The first-order chi connectivity index (χ1) is 8.59.